The lowest BCUT2D eigenvalue weighted by Gasteiger charge is -2.23. The van der Waals surface area contributed by atoms with Crippen LogP contribution in [0.4, 0.5) is 0 Å². The molecular formula is C27H28N2O2S. The average molecular weight is 445 g/mol. The molecule has 164 valence electrons. The van der Waals surface area contributed by atoms with Gasteiger partial charge in [-0.05, 0) is 58.5 Å². The van der Waals surface area contributed by atoms with E-state index in [1.807, 2.05) is 73.0 Å². The topological polar surface area (TPSA) is 53.2 Å². The third kappa shape index (κ3) is 4.68. The Kier molecular flexibility index (Phi) is 6.02. The Balaban J connectivity index is 1.68. The minimum Gasteiger partial charge on any atom is -0.329 e. The Morgan fingerprint density at radius 1 is 1.00 bits per heavy atom. The van der Waals surface area contributed by atoms with Crippen LogP contribution >= 0.6 is 11.3 Å². The van der Waals surface area contributed by atoms with Crippen LogP contribution in [0.15, 0.2) is 70.8 Å². The summed E-state index contributed by atoms with van der Waals surface area (Å²) >= 11 is 1.61. The summed E-state index contributed by atoms with van der Waals surface area (Å²) in [5.41, 5.74) is 4.13. The average Bonchev–Trinajstić information content (AvgIpc) is 3.27. The molecule has 4 rings (SSSR count). The lowest BCUT2D eigenvalue weighted by molar-refractivity contribution is 0.0731. The van der Waals surface area contributed by atoms with Gasteiger partial charge in [0, 0.05) is 16.0 Å². The molecule has 1 amide bonds. The zero-order chi connectivity index (χ0) is 22.9. The predicted octanol–water partition coefficient (Wildman–Crippen LogP) is 6.04. The molecule has 0 atom stereocenters. The molecule has 0 radical (unpaired) electrons. The molecular weight excluding hydrogens is 416 g/mol. The number of benzene rings is 2. The fraction of sp³-hybridized carbons (Fsp3) is 0.259. The van der Waals surface area contributed by atoms with Gasteiger partial charge in [-0.25, -0.2) is 0 Å². The van der Waals surface area contributed by atoms with E-state index in [1.165, 1.54) is 5.56 Å². The van der Waals surface area contributed by atoms with Gasteiger partial charge in [-0.3, -0.25) is 9.59 Å². The van der Waals surface area contributed by atoms with Gasteiger partial charge >= 0.3 is 0 Å². The van der Waals surface area contributed by atoms with Gasteiger partial charge in [-0.15, -0.1) is 11.3 Å². The molecule has 2 heterocycles. The number of H-pyrrole nitrogens is 1. The highest BCUT2D eigenvalue weighted by Gasteiger charge is 2.20. The van der Waals surface area contributed by atoms with E-state index >= 15 is 0 Å². The molecule has 1 N–H and O–H groups in total. The lowest BCUT2D eigenvalue weighted by atomic mass is 9.86. The summed E-state index contributed by atoms with van der Waals surface area (Å²) in [7, 11) is 0. The van der Waals surface area contributed by atoms with Gasteiger partial charge in [0.2, 0.25) is 0 Å². The number of hydrogen-bond acceptors (Lipinski definition) is 3. The summed E-state index contributed by atoms with van der Waals surface area (Å²) in [6.07, 6.45) is 0. The van der Waals surface area contributed by atoms with Gasteiger partial charge < -0.3 is 9.88 Å². The number of aromatic nitrogens is 1. The Morgan fingerprint density at radius 3 is 2.41 bits per heavy atom. The number of rotatable bonds is 5. The summed E-state index contributed by atoms with van der Waals surface area (Å²) < 4.78 is 0. The third-order valence-corrected chi connectivity index (χ3v) is 6.60. The summed E-state index contributed by atoms with van der Waals surface area (Å²) in [6, 6.07) is 19.6. The highest BCUT2D eigenvalue weighted by Crippen LogP contribution is 2.24. The van der Waals surface area contributed by atoms with E-state index < -0.39 is 0 Å². The third-order valence-electron chi connectivity index (χ3n) is 5.74. The molecule has 0 fully saturated rings. The highest BCUT2D eigenvalue weighted by atomic mass is 32.1. The SMILES string of the molecule is Cc1cccc2cc(CN(Cc3cccs3)C(=O)c3ccc(C(C)(C)C)cc3)c(=O)[nH]c12. The van der Waals surface area contributed by atoms with Crippen LogP contribution in [-0.4, -0.2) is 15.8 Å². The molecule has 5 heteroatoms. The van der Waals surface area contributed by atoms with Crippen molar-refractivity contribution in [3.63, 3.8) is 0 Å². The molecule has 0 saturated heterocycles. The Labute approximate surface area is 192 Å². The van der Waals surface area contributed by atoms with Crippen molar-refractivity contribution in [3.8, 4) is 0 Å². The number of nitrogens with one attached hydrogen (secondary N) is 1. The van der Waals surface area contributed by atoms with E-state index in [0.29, 0.717) is 17.7 Å². The molecule has 0 unspecified atom stereocenters. The van der Waals surface area contributed by atoms with Crippen LogP contribution < -0.4 is 5.56 Å². The molecule has 0 spiro atoms. The molecule has 0 aliphatic heterocycles. The van der Waals surface area contributed by atoms with Gasteiger partial charge in [-0.2, -0.15) is 0 Å². The Morgan fingerprint density at radius 2 is 1.75 bits per heavy atom. The fourth-order valence-corrected chi connectivity index (χ4v) is 4.56. The van der Waals surface area contributed by atoms with Gasteiger partial charge in [0.15, 0.2) is 0 Å². The van der Waals surface area contributed by atoms with E-state index in [-0.39, 0.29) is 23.4 Å². The van der Waals surface area contributed by atoms with Crippen molar-refractivity contribution in [1.82, 2.24) is 9.88 Å². The number of para-hydroxylation sites is 1. The predicted molar refractivity (Wildman–Crippen MR) is 132 cm³/mol. The van der Waals surface area contributed by atoms with Gasteiger partial charge in [0.1, 0.15) is 0 Å². The Bertz CT molecular complexity index is 1300. The van der Waals surface area contributed by atoms with Crippen molar-refractivity contribution in [2.24, 2.45) is 0 Å². The molecule has 0 saturated carbocycles. The van der Waals surface area contributed by atoms with Gasteiger partial charge in [0.25, 0.3) is 11.5 Å². The van der Waals surface area contributed by atoms with Crippen molar-refractivity contribution < 1.29 is 4.79 Å². The number of fused-ring (bicyclic) bond motifs is 1. The standard InChI is InChI=1S/C27H28N2O2S/c1-18-7-5-8-20-15-21(25(30)28-24(18)20)16-29(17-23-9-6-14-32-23)26(31)19-10-12-22(13-11-19)27(2,3)4/h5-15H,16-17H2,1-4H3,(H,28,30). The van der Waals surface area contributed by atoms with E-state index in [1.54, 1.807) is 16.2 Å². The maximum atomic E-state index is 13.5. The van der Waals surface area contributed by atoms with Crippen LogP contribution in [0.25, 0.3) is 10.9 Å². The van der Waals surface area contributed by atoms with Crippen LogP contribution in [0.5, 0.6) is 0 Å². The second-order valence-electron chi connectivity index (χ2n) is 9.23. The monoisotopic (exact) mass is 444 g/mol. The van der Waals surface area contributed by atoms with Crippen molar-refractivity contribution in [2.45, 2.75) is 46.2 Å². The minimum atomic E-state index is -0.154. The molecule has 2 aromatic heterocycles. The van der Waals surface area contributed by atoms with E-state index in [9.17, 15) is 9.59 Å². The molecule has 4 aromatic rings. The molecule has 0 bridgehead atoms. The lowest BCUT2D eigenvalue weighted by Crippen LogP contribution is -2.32. The van der Waals surface area contributed by atoms with Crippen molar-refractivity contribution >= 4 is 28.1 Å². The maximum Gasteiger partial charge on any atom is 0.254 e. The number of thiophene rings is 1. The first-order valence-corrected chi connectivity index (χ1v) is 11.6. The fourth-order valence-electron chi connectivity index (χ4n) is 3.84. The van der Waals surface area contributed by atoms with Crippen LogP contribution in [0.3, 0.4) is 0 Å². The van der Waals surface area contributed by atoms with Crippen LogP contribution in [-0.2, 0) is 18.5 Å². The second-order valence-corrected chi connectivity index (χ2v) is 10.3. The summed E-state index contributed by atoms with van der Waals surface area (Å²) in [4.78, 5) is 32.2. The molecule has 4 nitrogen and oxygen atoms in total. The molecule has 0 aliphatic carbocycles. The van der Waals surface area contributed by atoms with Crippen LogP contribution in [0.2, 0.25) is 0 Å². The quantitative estimate of drug-likeness (QED) is 0.408. The first-order chi connectivity index (χ1) is 15.2. The second kappa shape index (κ2) is 8.75. The molecule has 32 heavy (non-hydrogen) atoms. The van der Waals surface area contributed by atoms with E-state index in [2.05, 4.69) is 25.8 Å². The number of hydrogen-bond donors (Lipinski definition) is 1. The van der Waals surface area contributed by atoms with Crippen LogP contribution in [0.1, 0.15) is 52.7 Å². The number of pyridine rings is 1. The van der Waals surface area contributed by atoms with Crippen LogP contribution in [0, 0.1) is 6.92 Å². The Hall–Kier alpha value is -3.18. The van der Waals surface area contributed by atoms with E-state index in [0.717, 1.165) is 21.3 Å². The molecule has 0 aliphatic rings. The van der Waals surface area contributed by atoms with Crippen molar-refractivity contribution in [2.75, 3.05) is 0 Å². The number of aromatic amines is 1. The zero-order valence-electron chi connectivity index (χ0n) is 18.9. The highest BCUT2D eigenvalue weighted by molar-refractivity contribution is 7.09. The van der Waals surface area contributed by atoms with Crippen molar-refractivity contribution in [1.29, 1.82) is 0 Å². The zero-order valence-corrected chi connectivity index (χ0v) is 19.8. The number of amides is 1. The van der Waals surface area contributed by atoms with Gasteiger partial charge in [-0.1, -0.05) is 57.2 Å². The summed E-state index contributed by atoms with van der Waals surface area (Å²) in [6.45, 7) is 9.15. The number of nitrogens with zero attached hydrogens (tertiary/aromatic N) is 1. The number of carbonyl (C=O) groups excluding carboxylic acids is 1. The number of carbonyl (C=O) groups is 1. The first kappa shape index (κ1) is 22.0. The largest absolute Gasteiger partial charge is 0.329 e. The summed E-state index contributed by atoms with van der Waals surface area (Å²) in [5.74, 6) is -0.0809. The normalized spacial score (nSPS) is 11.6. The van der Waals surface area contributed by atoms with Crippen molar-refractivity contribution in [3.05, 3.63) is 104 Å². The first-order valence-electron chi connectivity index (χ1n) is 10.8. The number of aryl methyl sites for hydroxylation is 1. The minimum absolute atomic E-state index is 0.0226. The molecule has 2 aromatic carbocycles. The smallest absolute Gasteiger partial charge is 0.254 e. The van der Waals surface area contributed by atoms with E-state index in [4.69, 9.17) is 0 Å². The summed E-state index contributed by atoms with van der Waals surface area (Å²) in [5, 5.41) is 2.97. The maximum absolute atomic E-state index is 13.5. The van der Waals surface area contributed by atoms with Gasteiger partial charge in [0.05, 0.1) is 18.6 Å².